The summed E-state index contributed by atoms with van der Waals surface area (Å²) in [6.07, 6.45) is 5.65. The van der Waals surface area contributed by atoms with Gasteiger partial charge in [0.2, 0.25) is 0 Å². The lowest BCUT2D eigenvalue weighted by Crippen LogP contribution is -2.39. The Labute approximate surface area is 124 Å². The summed E-state index contributed by atoms with van der Waals surface area (Å²) in [5, 5.41) is 3.42. The van der Waals surface area contributed by atoms with Gasteiger partial charge in [0, 0.05) is 23.2 Å². The van der Waals surface area contributed by atoms with Gasteiger partial charge in [0.15, 0.2) is 0 Å². The van der Waals surface area contributed by atoms with Crippen molar-refractivity contribution in [1.82, 2.24) is 10.3 Å². The molecule has 0 saturated heterocycles. The Balaban J connectivity index is 2.75. The monoisotopic (exact) mass is 300 g/mol. The smallest absolute Gasteiger partial charge is 0.254 e. The molecule has 1 aromatic rings. The molecule has 19 heavy (non-hydrogen) atoms. The molecule has 0 saturated carbocycles. The number of carbonyl (C=O) groups is 1. The van der Waals surface area contributed by atoms with E-state index in [1.165, 1.54) is 6.20 Å². The van der Waals surface area contributed by atoms with Crippen LogP contribution in [0.4, 0.5) is 0 Å². The summed E-state index contributed by atoms with van der Waals surface area (Å²) in [5.74, 6) is -0.155. The van der Waals surface area contributed by atoms with E-state index in [9.17, 15) is 4.79 Å². The lowest BCUT2D eigenvalue weighted by atomic mass is 10.0. The Hall–Kier alpha value is -0.740. The molecule has 0 spiro atoms. The minimum atomic E-state index is -0.155. The molecule has 0 aliphatic rings. The van der Waals surface area contributed by atoms with Crippen molar-refractivity contribution in [3.8, 4) is 0 Å². The Morgan fingerprint density at radius 3 is 2.58 bits per heavy atom. The summed E-state index contributed by atoms with van der Waals surface area (Å²) in [6.45, 7) is 6.78. The van der Waals surface area contributed by atoms with Gasteiger partial charge in [-0.25, -0.2) is 0 Å². The molecule has 0 aromatic carbocycles. The zero-order valence-electron chi connectivity index (χ0n) is 11.9. The van der Waals surface area contributed by atoms with Gasteiger partial charge in [-0.15, -0.1) is 0 Å². The van der Waals surface area contributed by atoms with Crippen LogP contribution in [0.2, 0.25) is 5.02 Å². The highest BCUT2D eigenvalue weighted by Crippen LogP contribution is 2.29. The Bertz CT molecular complexity index is 439. The maximum Gasteiger partial charge on any atom is 0.254 e. The molecule has 0 aliphatic carbocycles. The SMILES string of the molecule is CCC(CC)(CNC(=O)c1cnc(C)cc1Cl)SC. The second-order valence-electron chi connectivity index (χ2n) is 4.58. The molecule has 0 radical (unpaired) electrons. The third kappa shape index (κ3) is 4.11. The topological polar surface area (TPSA) is 42.0 Å². The first-order valence-electron chi connectivity index (χ1n) is 6.43. The van der Waals surface area contributed by atoms with Crippen LogP contribution in [0, 0.1) is 6.92 Å². The van der Waals surface area contributed by atoms with Gasteiger partial charge < -0.3 is 5.32 Å². The summed E-state index contributed by atoms with van der Waals surface area (Å²) >= 11 is 7.87. The fourth-order valence-electron chi connectivity index (χ4n) is 1.89. The molecular formula is C14H21ClN2OS. The number of aryl methyl sites for hydroxylation is 1. The Morgan fingerprint density at radius 2 is 2.11 bits per heavy atom. The first-order valence-corrected chi connectivity index (χ1v) is 8.03. The van der Waals surface area contributed by atoms with E-state index in [-0.39, 0.29) is 10.7 Å². The van der Waals surface area contributed by atoms with Crippen molar-refractivity contribution in [3.63, 3.8) is 0 Å². The molecule has 0 unspecified atom stereocenters. The van der Waals surface area contributed by atoms with Gasteiger partial charge in [0.25, 0.3) is 5.91 Å². The summed E-state index contributed by atoms with van der Waals surface area (Å²) < 4.78 is 0.0975. The number of halogens is 1. The summed E-state index contributed by atoms with van der Waals surface area (Å²) in [6, 6.07) is 1.71. The van der Waals surface area contributed by atoms with E-state index in [1.807, 2.05) is 6.92 Å². The fourth-order valence-corrected chi connectivity index (χ4v) is 2.98. The van der Waals surface area contributed by atoms with Crippen molar-refractivity contribution >= 4 is 29.3 Å². The van der Waals surface area contributed by atoms with Gasteiger partial charge in [-0.05, 0) is 32.1 Å². The van der Waals surface area contributed by atoms with E-state index in [0.29, 0.717) is 17.1 Å². The fraction of sp³-hybridized carbons (Fsp3) is 0.571. The molecule has 1 rings (SSSR count). The van der Waals surface area contributed by atoms with Crippen LogP contribution in [-0.4, -0.2) is 28.4 Å². The predicted octanol–water partition coefficient (Wildman–Crippen LogP) is 3.70. The van der Waals surface area contributed by atoms with Crippen LogP contribution in [0.3, 0.4) is 0 Å². The largest absolute Gasteiger partial charge is 0.351 e. The van der Waals surface area contributed by atoms with E-state index >= 15 is 0 Å². The highest BCUT2D eigenvalue weighted by Gasteiger charge is 2.26. The molecule has 5 heteroatoms. The highest BCUT2D eigenvalue weighted by molar-refractivity contribution is 8.00. The van der Waals surface area contributed by atoms with Crippen molar-refractivity contribution in [2.75, 3.05) is 12.8 Å². The van der Waals surface area contributed by atoms with Gasteiger partial charge in [-0.1, -0.05) is 25.4 Å². The quantitative estimate of drug-likeness (QED) is 0.871. The summed E-state index contributed by atoms with van der Waals surface area (Å²) in [5.41, 5.74) is 1.25. The first kappa shape index (κ1) is 16.3. The Morgan fingerprint density at radius 1 is 1.47 bits per heavy atom. The van der Waals surface area contributed by atoms with Gasteiger partial charge in [0.1, 0.15) is 0 Å². The average Bonchev–Trinajstić information content (AvgIpc) is 2.40. The number of carbonyl (C=O) groups excluding carboxylic acids is 1. The second kappa shape index (κ2) is 7.15. The van der Waals surface area contributed by atoms with Crippen molar-refractivity contribution in [2.24, 2.45) is 0 Å². The van der Waals surface area contributed by atoms with Crippen LogP contribution in [0.5, 0.6) is 0 Å². The molecule has 0 aliphatic heterocycles. The second-order valence-corrected chi connectivity index (χ2v) is 6.26. The number of hydrogen-bond acceptors (Lipinski definition) is 3. The number of rotatable bonds is 6. The van der Waals surface area contributed by atoms with Crippen molar-refractivity contribution in [1.29, 1.82) is 0 Å². The lowest BCUT2D eigenvalue weighted by molar-refractivity contribution is 0.0948. The number of thioether (sulfide) groups is 1. The van der Waals surface area contributed by atoms with E-state index in [1.54, 1.807) is 17.8 Å². The number of pyridine rings is 1. The Kier molecular flexibility index (Phi) is 6.14. The normalized spacial score (nSPS) is 11.4. The number of hydrogen-bond donors (Lipinski definition) is 1. The molecule has 0 atom stereocenters. The molecule has 3 nitrogen and oxygen atoms in total. The van der Waals surface area contributed by atoms with Crippen LogP contribution >= 0.6 is 23.4 Å². The van der Waals surface area contributed by atoms with Crippen LogP contribution in [0.1, 0.15) is 42.7 Å². The van der Waals surface area contributed by atoms with Crippen LogP contribution in [0.15, 0.2) is 12.3 Å². The van der Waals surface area contributed by atoms with E-state index in [2.05, 4.69) is 30.4 Å². The third-order valence-electron chi connectivity index (χ3n) is 3.53. The zero-order valence-corrected chi connectivity index (χ0v) is 13.5. The molecule has 0 fully saturated rings. The van der Waals surface area contributed by atoms with Crippen molar-refractivity contribution in [3.05, 3.63) is 28.5 Å². The number of amides is 1. The molecule has 1 amide bonds. The molecule has 106 valence electrons. The molecule has 1 N–H and O–H groups in total. The third-order valence-corrected chi connectivity index (χ3v) is 5.43. The summed E-state index contributed by atoms with van der Waals surface area (Å²) in [4.78, 5) is 16.2. The first-order chi connectivity index (χ1) is 8.98. The van der Waals surface area contributed by atoms with Gasteiger partial charge in [0.05, 0.1) is 10.6 Å². The maximum atomic E-state index is 12.1. The van der Waals surface area contributed by atoms with E-state index in [0.717, 1.165) is 18.5 Å². The number of nitrogens with zero attached hydrogens (tertiary/aromatic N) is 1. The molecule has 0 bridgehead atoms. The standard InChI is InChI=1S/C14H21ClN2OS/c1-5-14(6-2,19-4)9-17-13(18)11-8-16-10(3)7-12(11)15/h7-8H,5-6,9H2,1-4H3,(H,17,18). The minimum Gasteiger partial charge on any atom is -0.351 e. The van der Waals surface area contributed by atoms with Crippen LogP contribution in [0.25, 0.3) is 0 Å². The van der Waals surface area contributed by atoms with E-state index < -0.39 is 0 Å². The lowest BCUT2D eigenvalue weighted by Gasteiger charge is -2.29. The van der Waals surface area contributed by atoms with Crippen LogP contribution < -0.4 is 5.32 Å². The van der Waals surface area contributed by atoms with Gasteiger partial charge >= 0.3 is 0 Å². The number of aromatic nitrogens is 1. The molecular weight excluding hydrogens is 280 g/mol. The minimum absolute atomic E-state index is 0.0975. The average molecular weight is 301 g/mol. The van der Waals surface area contributed by atoms with Crippen molar-refractivity contribution in [2.45, 2.75) is 38.4 Å². The predicted molar refractivity (Wildman–Crippen MR) is 83.1 cm³/mol. The van der Waals surface area contributed by atoms with Gasteiger partial charge in [-0.2, -0.15) is 11.8 Å². The maximum absolute atomic E-state index is 12.1. The van der Waals surface area contributed by atoms with Gasteiger partial charge in [-0.3, -0.25) is 9.78 Å². The zero-order chi connectivity index (χ0) is 14.5. The summed E-state index contributed by atoms with van der Waals surface area (Å²) in [7, 11) is 0. The van der Waals surface area contributed by atoms with E-state index in [4.69, 9.17) is 11.6 Å². The molecule has 1 heterocycles. The number of nitrogens with one attached hydrogen (secondary N) is 1. The molecule has 1 aromatic heterocycles. The van der Waals surface area contributed by atoms with Crippen LogP contribution in [-0.2, 0) is 0 Å². The highest BCUT2D eigenvalue weighted by atomic mass is 35.5. The van der Waals surface area contributed by atoms with Crippen molar-refractivity contribution < 1.29 is 4.79 Å².